The lowest BCUT2D eigenvalue weighted by atomic mass is 10.2. The highest BCUT2D eigenvalue weighted by molar-refractivity contribution is 6.39. The normalized spacial score (nSPS) is 15.4. The van der Waals surface area contributed by atoms with Crippen LogP contribution in [0.3, 0.4) is 0 Å². The summed E-state index contributed by atoms with van der Waals surface area (Å²) in [4.78, 5) is 31.6. The van der Waals surface area contributed by atoms with E-state index in [1.165, 1.54) is 11.9 Å². The number of hydrogen-bond acceptors (Lipinski definition) is 5. The minimum absolute atomic E-state index is 0.172. The number of piperazine rings is 1. The van der Waals surface area contributed by atoms with Crippen LogP contribution in [0.15, 0.2) is 36.7 Å². The first-order chi connectivity index (χ1) is 11.2. The molecule has 0 unspecified atom stereocenters. The fourth-order valence-electron chi connectivity index (χ4n) is 2.52. The molecule has 1 aliphatic heterocycles. The Balaban J connectivity index is 1.48. The van der Waals surface area contributed by atoms with Crippen molar-refractivity contribution in [3.63, 3.8) is 0 Å². The Kier molecular flexibility index (Phi) is 4.62. The molecule has 0 saturated carbocycles. The van der Waals surface area contributed by atoms with Gasteiger partial charge in [0, 0.05) is 32.7 Å². The first-order valence-corrected chi connectivity index (χ1v) is 7.44. The van der Waals surface area contributed by atoms with E-state index in [1.54, 1.807) is 4.90 Å². The van der Waals surface area contributed by atoms with E-state index in [9.17, 15) is 9.59 Å². The van der Waals surface area contributed by atoms with Gasteiger partial charge in [0.25, 0.3) is 0 Å². The summed E-state index contributed by atoms with van der Waals surface area (Å²) in [6.07, 6.45) is 1.27. The summed E-state index contributed by atoms with van der Waals surface area (Å²) in [7, 11) is 0. The molecular weight excluding hydrogens is 296 g/mol. The van der Waals surface area contributed by atoms with E-state index in [1.807, 2.05) is 18.2 Å². The fraction of sp³-hybridized carbons (Fsp3) is 0.333. The third-order valence-electron chi connectivity index (χ3n) is 3.75. The van der Waals surface area contributed by atoms with E-state index in [0.717, 1.165) is 19.6 Å². The second kappa shape index (κ2) is 7.01. The molecule has 2 aromatic rings. The molecule has 120 valence electrons. The Hall–Kier alpha value is -2.74. The van der Waals surface area contributed by atoms with E-state index in [-0.39, 0.29) is 5.95 Å². The lowest BCUT2D eigenvalue weighted by Gasteiger charge is -2.34. The molecule has 1 fully saturated rings. The summed E-state index contributed by atoms with van der Waals surface area (Å²) < 4.78 is 0. The quantitative estimate of drug-likeness (QED) is 0.783. The number of hydrogen-bond donors (Lipinski definition) is 2. The van der Waals surface area contributed by atoms with Crippen LogP contribution in [0.1, 0.15) is 5.56 Å². The van der Waals surface area contributed by atoms with Gasteiger partial charge in [-0.1, -0.05) is 30.3 Å². The molecule has 8 nitrogen and oxygen atoms in total. The van der Waals surface area contributed by atoms with Gasteiger partial charge in [0.2, 0.25) is 5.95 Å². The number of amides is 2. The molecule has 2 N–H and O–H groups in total. The third kappa shape index (κ3) is 3.92. The van der Waals surface area contributed by atoms with Crippen molar-refractivity contribution in [2.45, 2.75) is 6.54 Å². The maximum Gasteiger partial charge on any atom is 0.316 e. The predicted molar refractivity (Wildman–Crippen MR) is 83.3 cm³/mol. The van der Waals surface area contributed by atoms with Crippen molar-refractivity contribution in [2.24, 2.45) is 0 Å². The Bertz CT molecular complexity index is 650. The van der Waals surface area contributed by atoms with Crippen molar-refractivity contribution in [2.75, 3.05) is 31.5 Å². The van der Waals surface area contributed by atoms with Gasteiger partial charge in [0.1, 0.15) is 6.33 Å². The minimum Gasteiger partial charge on any atom is -0.332 e. The number of benzene rings is 1. The number of H-pyrrole nitrogens is 1. The zero-order chi connectivity index (χ0) is 16.1. The predicted octanol–water partition coefficient (Wildman–Crippen LogP) is 0.0876. The summed E-state index contributed by atoms with van der Waals surface area (Å²) in [6.45, 7) is 3.42. The monoisotopic (exact) mass is 314 g/mol. The highest BCUT2D eigenvalue weighted by atomic mass is 16.2. The van der Waals surface area contributed by atoms with Crippen molar-refractivity contribution in [3.8, 4) is 0 Å². The van der Waals surface area contributed by atoms with E-state index in [0.29, 0.717) is 13.1 Å². The van der Waals surface area contributed by atoms with Gasteiger partial charge in [-0.05, 0) is 5.56 Å². The van der Waals surface area contributed by atoms with E-state index >= 15 is 0 Å². The van der Waals surface area contributed by atoms with Gasteiger partial charge in [0.05, 0.1) is 0 Å². The number of nitrogens with zero attached hydrogens (tertiary/aromatic N) is 4. The highest BCUT2D eigenvalue weighted by Gasteiger charge is 2.26. The second-order valence-electron chi connectivity index (χ2n) is 5.34. The number of carbonyl (C=O) groups excluding carboxylic acids is 2. The molecule has 1 aromatic carbocycles. The first-order valence-electron chi connectivity index (χ1n) is 7.44. The highest BCUT2D eigenvalue weighted by Crippen LogP contribution is 2.09. The van der Waals surface area contributed by atoms with Gasteiger partial charge < -0.3 is 4.90 Å². The van der Waals surface area contributed by atoms with Gasteiger partial charge in [-0.25, -0.2) is 5.10 Å². The van der Waals surface area contributed by atoms with Crippen LogP contribution >= 0.6 is 0 Å². The van der Waals surface area contributed by atoms with Gasteiger partial charge in [-0.3, -0.25) is 19.8 Å². The number of aromatic nitrogens is 3. The summed E-state index contributed by atoms with van der Waals surface area (Å²) in [5, 5.41) is 8.50. The zero-order valence-electron chi connectivity index (χ0n) is 12.6. The van der Waals surface area contributed by atoms with Crippen LogP contribution < -0.4 is 5.32 Å². The zero-order valence-corrected chi connectivity index (χ0v) is 12.6. The van der Waals surface area contributed by atoms with E-state index < -0.39 is 11.8 Å². The van der Waals surface area contributed by atoms with Crippen LogP contribution in [0.5, 0.6) is 0 Å². The Labute approximate surface area is 133 Å². The van der Waals surface area contributed by atoms with Crippen LogP contribution in [-0.4, -0.2) is 63.0 Å². The Morgan fingerprint density at radius 2 is 1.87 bits per heavy atom. The number of aromatic amines is 1. The van der Waals surface area contributed by atoms with Gasteiger partial charge in [-0.2, -0.15) is 10.1 Å². The maximum atomic E-state index is 12.1. The summed E-state index contributed by atoms with van der Waals surface area (Å²) in [6, 6.07) is 10.2. The van der Waals surface area contributed by atoms with Gasteiger partial charge >= 0.3 is 11.8 Å². The Morgan fingerprint density at radius 3 is 2.52 bits per heavy atom. The molecule has 1 aliphatic rings. The molecular formula is C15H18N6O2. The lowest BCUT2D eigenvalue weighted by Crippen LogP contribution is -2.51. The van der Waals surface area contributed by atoms with Crippen molar-refractivity contribution < 1.29 is 9.59 Å². The van der Waals surface area contributed by atoms with Gasteiger partial charge in [-0.15, -0.1) is 0 Å². The summed E-state index contributed by atoms with van der Waals surface area (Å²) in [5.74, 6) is -1.06. The molecule has 2 heterocycles. The molecule has 0 bridgehead atoms. The van der Waals surface area contributed by atoms with E-state index in [4.69, 9.17) is 0 Å². The standard InChI is InChI=1S/C15H18N6O2/c22-13(18-15-16-11-17-19-15)14(23)21-8-6-20(7-9-21)10-12-4-2-1-3-5-12/h1-5,11H,6-10H2,(H2,16,17,18,19,22). The molecule has 23 heavy (non-hydrogen) atoms. The van der Waals surface area contributed by atoms with E-state index in [2.05, 4.69) is 37.5 Å². The average molecular weight is 314 g/mol. The van der Waals surface area contributed by atoms with Crippen LogP contribution in [0.25, 0.3) is 0 Å². The van der Waals surface area contributed by atoms with Crippen LogP contribution in [-0.2, 0) is 16.1 Å². The van der Waals surface area contributed by atoms with Gasteiger partial charge in [0.15, 0.2) is 0 Å². The van der Waals surface area contributed by atoms with Crippen LogP contribution in [0, 0.1) is 0 Å². The van der Waals surface area contributed by atoms with Crippen molar-refractivity contribution in [1.29, 1.82) is 0 Å². The topological polar surface area (TPSA) is 94.2 Å². The average Bonchev–Trinajstić information content (AvgIpc) is 3.09. The fourth-order valence-corrected chi connectivity index (χ4v) is 2.52. The molecule has 0 atom stereocenters. The molecule has 1 aromatic heterocycles. The summed E-state index contributed by atoms with van der Waals surface area (Å²) in [5.41, 5.74) is 1.25. The molecule has 1 saturated heterocycles. The number of anilines is 1. The van der Waals surface area contributed by atoms with Crippen molar-refractivity contribution in [1.82, 2.24) is 25.0 Å². The van der Waals surface area contributed by atoms with Crippen LogP contribution in [0.2, 0.25) is 0 Å². The Morgan fingerprint density at radius 1 is 1.13 bits per heavy atom. The molecule has 0 radical (unpaired) electrons. The summed E-state index contributed by atoms with van der Waals surface area (Å²) >= 11 is 0. The SMILES string of the molecule is O=C(Nc1ncn[nH]1)C(=O)N1CCN(Cc2ccccc2)CC1. The smallest absolute Gasteiger partial charge is 0.316 e. The maximum absolute atomic E-state index is 12.1. The number of rotatable bonds is 3. The molecule has 2 amide bonds. The number of nitrogens with one attached hydrogen (secondary N) is 2. The van der Waals surface area contributed by atoms with Crippen LogP contribution in [0.4, 0.5) is 5.95 Å². The second-order valence-corrected chi connectivity index (χ2v) is 5.34. The number of carbonyl (C=O) groups is 2. The minimum atomic E-state index is -0.696. The lowest BCUT2D eigenvalue weighted by molar-refractivity contribution is -0.144. The largest absolute Gasteiger partial charge is 0.332 e. The third-order valence-corrected chi connectivity index (χ3v) is 3.75. The molecule has 3 rings (SSSR count). The van der Waals surface area contributed by atoms with Crippen molar-refractivity contribution >= 4 is 17.8 Å². The molecule has 8 heteroatoms. The first kappa shape index (κ1) is 15.2. The molecule has 0 spiro atoms. The van der Waals surface area contributed by atoms with Crippen molar-refractivity contribution in [3.05, 3.63) is 42.2 Å². The molecule has 0 aliphatic carbocycles.